The van der Waals surface area contributed by atoms with Crippen LogP contribution in [0.4, 0.5) is 5.69 Å². The van der Waals surface area contributed by atoms with Gasteiger partial charge in [-0.15, -0.1) is 0 Å². The number of hydrogen-bond acceptors (Lipinski definition) is 11. The molecule has 15 nitrogen and oxygen atoms in total. The number of unbranched alkanes of at least 4 members (excludes halogenated alkanes) is 1. The predicted molar refractivity (Wildman–Crippen MR) is 217 cm³/mol. The highest BCUT2D eigenvalue weighted by molar-refractivity contribution is 6.23. The zero-order chi connectivity index (χ0) is 41.1. The van der Waals surface area contributed by atoms with E-state index in [-0.39, 0.29) is 35.4 Å². The van der Waals surface area contributed by atoms with Gasteiger partial charge in [-0.2, -0.15) is 0 Å². The molecular formula is C43H49N7O8. The molecule has 7 rings (SSSR count). The van der Waals surface area contributed by atoms with Crippen molar-refractivity contribution in [3.8, 4) is 22.6 Å². The van der Waals surface area contributed by atoms with Crippen molar-refractivity contribution in [1.82, 2.24) is 29.6 Å². The molecule has 1 N–H and O–H groups in total. The number of ether oxygens (including phenoxy) is 2. The number of carbonyl (C=O) groups is 5. The van der Waals surface area contributed by atoms with Crippen LogP contribution in [0, 0.1) is 0 Å². The third kappa shape index (κ3) is 8.03. The summed E-state index contributed by atoms with van der Waals surface area (Å²) in [7, 11) is 6.68. The van der Waals surface area contributed by atoms with Crippen LogP contribution in [-0.4, -0.2) is 114 Å². The molecule has 2 saturated heterocycles. The average molecular weight is 792 g/mol. The summed E-state index contributed by atoms with van der Waals surface area (Å²) in [5.74, 6) is -0.833. The first-order valence-electron chi connectivity index (χ1n) is 19.7. The van der Waals surface area contributed by atoms with Gasteiger partial charge in [0.25, 0.3) is 17.4 Å². The molecule has 0 spiro atoms. The molecule has 3 aliphatic rings. The van der Waals surface area contributed by atoms with Crippen molar-refractivity contribution in [2.75, 3.05) is 58.9 Å². The minimum atomic E-state index is -0.988. The maximum atomic E-state index is 13.4. The monoisotopic (exact) mass is 791 g/mol. The van der Waals surface area contributed by atoms with Gasteiger partial charge >= 0.3 is 0 Å². The first-order chi connectivity index (χ1) is 28.0. The maximum Gasteiger partial charge on any atom is 0.262 e. The Kier molecular flexibility index (Phi) is 11.9. The zero-order valence-electron chi connectivity index (χ0n) is 33.4. The molecule has 0 bridgehead atoms. The summed E-state index contributed by atoms with van der Waals surface area (Å²) in [6.45, 7) is 4.56. The summed E-state index contributed by atoms with van der Waals surface area (Å²) >= 11 is 0. The molecule has 3 aliphatic heterocycles. The number of piperidine rings is 1. The molecule has 0 aliphatic carbocycles. The van der Waals surface area contributed by atoms with Crippen LogP contribution in [0.2, 0.25) is 0 Å². The Labute approximate surface area is 336 Å². The van der Waals surface area contributed by atoms with E-state index in [1.54, 1.807) is 63.9 Å². The van der Waals surface area contributed by atoms with E-state index >= 15 is 0 Å². The smallest absolute Gasteiger partial charge is 0.262 e. The van der Waals surface area contributed by atoms with Crippen LogP contribution in [0.3, 0.4) is 0 Å². The molecule has 2 fully saturated rings. The summed E-state index contributed by atoms with van der Waals surface area (Å²) in [5.41, 5.74) is 3.70. The minimum Gasteiger partial charge on any atom is -0.496 e. The summed E-state index contributed by atoms with van der Waals surface area (Å²) < 4.78 is 13.2. The fourth-order valence-corrected chi connectivity index (χ4v) is 8.30. The van der Waals surface area contributed by atoms with E-state index in [0.29, 0.717) is 29.9 Å². The van der Waals surface area contributed by atoms with Crippen LogP contribution < -0.4 is 25.2 Å². The number of pyridine rings is 2. The lowest BCUT2D eigenvalue weighted by Gasteiger charge is -2.32. The highest BCUT2D eigenvalue weighted by atomic mass is 16.5. The van der Waals surface area contributed by atoms with E-state index < -0.39 is 29.7 Å². The highest BCUT2D eigenvalue weighted by Gasteiger charge is 2.44. The molecule has 2 aromatic heterocycles. The van der Waals surface area contributed by atoms with Crippen LogP contribution in [0.15, 0.2) is 59.8 Å². The Morgan fingerprint density at radius 1 is 0.879 bits per heavy atom. The van der Waals surface area contributed by atoms with Crippen molar-refractivity contribution in [3.63, 3.8) is 0 Å². The molecule has 15 heteroatoms. The maximum absolute atomic E-state index is 13.4. The number of methoxy groups -OCH3 is 2. The topological polar surface area (TPSA) is 164 Å². The quantitative estimate of drug-likeness (QED) is 0.164. The van der Waals surface area contributed by atoms with Crippen LogP contribution in [0.5, 0.6) is 11.5 Å². The number of nitrogens with one attached hydrogen (secondary N) is 1. The van der Waals surface area contributed by atoms with Gasteiger partial charge in [-0.1, -0.05) is 0 Å². The number of carbonyl (C=O) groups excluding carboxylic acids is 5. The molecule has 0 radical (unpaired) electrons. The first kappa shape index (κ1) is 40.1. The number of nitrogens with zero attached hydrogens (tertiary/aromatic N) is 6. The van der Waals surface area contributed by atoms with E-state index in [1.165, 1.54) is 4.57 Å². The second-order valence-electron chi connectivity index (χ2n) is 15.2. The third-order valence-corrected chi connectivity index (χ3v) is 11.4. The van der Waals surface area contributed by atoms with Gasteiger partial charge in [0.2, 0.25) is 17.7 Å². The fourth-order valence-electron chi connectivity index (χ4n) is 8.30. The first-order valence-corrected chi connectivity index (χ1v) is 19.7. The molecule has 0 saturated carbocycles. The number of anilines is 1. The van der Waals surface area contributed by atoms with Crippen molar-refractivity contribution in [1.29, 1.82) is 0 Å². The molecule has 5 amide bonds. The van der Waals surface area contributed by atoms with Gasteiger partial charge in [-0.05, 0) is 99.1 Å². The largest absolute Gasteiger partial charge is 0.496 e. The van der Waals surface area contributed by atoms with Crippen molar-refractivity contribution in [2.45, 2.75) is 57.5 Å². The Morgan fingerprint density at radius 3 is 2.28 bits per heavy atom. The van der Waals surface area contributed by atoms with Gasteiger partial charge in [-0.3, -0.25) is 44.0 Å². The van der Waals surface area contributed by atoms with Gasteiger partial charge in [0.05, 0.1) is 42.8 Å². The lowest BCUT2D eigenvalue weighted by Crippen LogP contribution is -2.54. The highest BCUT2D eigenvalue weighted by Crippen LogP contribution is 2.38. The number of benzene rings is 2. The molecule has 2 aromatic carbocycles. The third-order valence-electron chi connectivity index (χ3n) is 11.4. The second-order valence-corrected chi connectivity index (χ2v) is 15.2. The Hall–Kier alpha value is -6.09. The molecule has 1 unspecified atom stereocenters. The summed E-state index contributed by atoms with van der Waals surface area (Å²) in [4.78, 5) is 88.1. The minimum absolute atomic E-state index is 0.0304. The van der Waals surface area contributed by atoms with Gasteiger partial charge in [0.1, 0.15) is 17.5 Å². The molecule has 58 heavy (non-hydrogen) atoms. The lowest BCUT2D eigenvalue weighted by atomic mass is 9.99. The SMILES string of the molecule is COc1cc(-c2cn(C)c(=O)c3cnccc23)cc(OC)c1CN(C)C(=O)CCCCN1CCCN(c2ccc3c(c2)C(=O)N(C2CCC(=O)NC2=O)C3=O)CCC1. The van der Waals surface area contributed by atoms with Crippen LogP contribution >= 0.6 is 0 Å². The van der Waals surface area contributed by atoms with Gasteiger partial charge in [-0.25, -0.2) is 0 Å². The zero-order valence-corrected chi connectivity index (χ0v) is 33.4. The van der Waals surface area contributed by atoms with Gasteiger partial charge < -0.3 is 28.7 Å². The van der Waals surface area contributed by atoms with E-state index in [2.05, 4.69) is 20.1 Å². The van der Waals surface area contributed by atoms with E-state index in [0.717, 1.165) is 91.1 Å². The second kappa shape index (κ2) is 17.2. The molecule has 4 aromatic rings. The van der Waals surface area contributed by atoms with E-state index in [9.17, 15) is 28.8 Å². The van der Waals surface area contributed by atoms with Crippen molar-refractivity contribution in [3.05, 3.63) is 82.0 Å². The Bertz CT molecular complexity index is 2310. The standard InChI is InChI=1S/C43H49N7O8/c1-46(26-34-36(57-3)21-27(22-37(34)58-4)33-25-47(2)41(54)32-24-44-15-14-29(32)33)39(52)9-5-6-16-48-17-7-19-49(20-8-18-48)28-10-11-30-31(23-28)43(56)50(42(30)55)35-12-13-38(51)45-40(35)53/h10-11,14-15,21-25,35H,5-9,12-13,16-20,26H2,1-4H3,(H,45,51,53). The normalized spacial score (nSPS) is 17.6. The molecule has 1 atom stereocenters. The predicted octanol–water partition coefficient (Wildman–Crippen LogP) is 3.75. The van der Waals surface area contributed by atoms with E-state index in [1.807, 2.05) is 24.3 Å². The Morgan fingerprint density at radius 2 is 1.59 bits per heavy atom. The van der Waals surface area contributed by atoms with Gasteiger partial charge in [0.15, 0.2) is 0 Å². The van der Waals surface area contributed by atoms with Crippen molar-refractivity contribution < 1.29 is 33.4 Å². The number of aryl methyl sites for hydroxylation is 1. The average Bonchev–Trinajstić information content (AvgIpc) is 3.46. The number of hydrogen-bond donors (Lipinski definition) is 1. The molecule has 304 valence electrons. The van der Waals surface area contributed by atoms with Crippen molar-refractivity contribution in [2.24, 2.45) is 7.05 Å². The summed E-state index contributed by atoms with van der Waals surface area (Å²) in [5, 5.41) is 3.53. The lowest BCUT2D eigenvalue weighted by molar-refractivity contribution is -0.136. The van der Waals surface area contributed by atoms with Crippen molar-refractivity contribution >= 4 is 46.0 Å². The van der Waals surface area contributed by atoms with E-state index in [4.69, 9.17) is 9.47 Å². The van der Waals surface area contributed by atoms with Crippen LogP contribution in [0.25, 0.3) is 21.9 Å². The van der Waals surface area contributed by atoms with Crippen LogP contribution in [-0.2, 0) is 28.0 Å². The number of fused-ring (bicyclic) bond motifs is 2. The summed E-state index contributed by atoms with van der Waals surface area (Å²) in [6, 6.07) is 9.94. The fraction of sp³-hybridized carbons (Fsp3) is 0.419. The number of aromatic nitrogens is 2. The van der Waals surface area contributed by atoms with Gasteiger partial charge in [0, 0.05) is 69.9 Å². The number of imide groups is 2. The number of rotatable bonds is 12. The number of amides is 5. The van der Waals surface area contributed by atoms with Crippen LogP contribution in [0.1, 0.15) is 71.2 Å². The molecular weight excluding hydrogens is 743 g/mol. The summed E-state index contributed by atoms with van der Waals surface area (Å²) in [6.07, 6.45) is 9.11. The molecule has 5 heterocycles. The Balaban J connectivity index is 0.895.